The average molecular weight is 409 g/mol. The molecule has 2 aromatic heterocycles. The van der Waals surface area contributed by atoms with Crippen LogP contribution in [0, 0.1) is 5.41 Å². The van der Waals surface area contributed by atoms with Gasteiger partial charge >= 0.3 is 17.9 Å². The Hall–Kier alpha value is -3.44. The van der Waals surface area contributed by atoms with Crippen LogP contribution in [-0.2, 0) is 35.1 Å². The van der Waals surface area contributed by atoms with E-state index in [1.54, 1.807) is 4.57 Å². The van der Waals surface area contributed by atoms with Gasteiger partial charge in [0.1, 0.15) is 19.8 Å². The van der Waals surface area contributed by atoms with Crippen molar-refractivity contribution >= 4 is 35.0 Å². The lowest BCUT2D eigenvalue weighted by Gasteiger charge is -2.32. The third kappa shape index (κ3) is 6.02. The lowest BCUT2D eigenvalue weighted by molar-refractivity contribution is -0.160. The third-order valence-electron chi connectivity index (χ3n) is 4.12. The van der Waals surface area contributed by atoms with Crippen molar-refractivity contribution in [2.24, 2.45) is 5.41 Å². The van der Waals surface area contributed by atoms with E-state index in [1.165, 1.54) is 27.1 Å². The number of imidazole rings is 1. The van der Waals surface area contributed by atoms with Gasteiger partial charge in [-0.1, -0.05) is 0 Å². The minimum Gasteiger partial charge on any atom is -0.465 e. The number of nitrogens with two attached hydrogens (primary N) is 1. The van der Waals surface area contributed by atoms with E-state index in [9.17, 15) is 19.2 Å². The molecule has 0 aliphatic heterocycles. The van der Waals surface area contributed by atoms with Crippen molar-refractivity contribution in [3.05, 3.63) is 16.7 Å². The maximum Gasteiger partial charge on any atom is 0.302 e. The molecule has 0 saturated carbocycles. The summed E-state index contributed by atoms with van der Waals surface area (Å²) in [4.78, 5) is 56.4. The van der Waals surface area contributed by atoms with Crippen LogP contribution in [0.4, 0.5) is 5.95 Å². The first-order valence-electron chi connectivity index (χ1n) is 8.72. The summed E-state index contributed by atoms with van der Waals surface area (Å²) in [6.45, 7) is 3.53. The van der Waals surface area contributed by atoms with Crippen LogP contribution in [0.3, 0.4) is 0 Å². The molecular formula is C17H23N5O7. The fraction of sp³-hybridized carbons (Fsp3) is 0.529. The molecule has 2 aromatic rings. The van der Waals surface area contributed by atoms with Crippen molar-refractivity contribution in [1.29, 1.82) is 0 Å². The van der Waals surface area contributed by atoms with Crippen LogP contribution in [0.25, 0.3) is 11.2 Å². The fourth-order valence-electron chi connectivity index (χ4n) is 2.60. The first kappa shape index (κ1) is 21.9. The second-order valence-corrected chi connectivity index (χ2v) is 6.65. The second kappa shape index (κ2) is 9.17. The molecular weight excluding hydrogens is 386 g/mol. The van der Waals surface area contributed by atoms with E-state index in [0.717, 1.165) is 0 Å². The zero-order valence-corrected chi connectivity index (χ0v) is 16.4. The smallest absolute Gasteiger partial charge is 0.302 e. The predicted molar refractivity (Wildman–Crippen MR) is 99.5 cm³/mol. The number of nitrogens with zero attached hydrogens (tertiary/aromatic N) is 3. The number of nitrogen functional groups attached to an aromatic ring is 1. The van der Waals surface area contributed by atoms with E-state index in [1.807, 2.05) is 0 Å². The minimum absolute atomic E-state index is 0.0600. The first-order valence-corrected chi connectivity index (χ1v) is 8.72. The Bertz CT molecular complexity index is 919. The van der Waals surface area contributed by atoms with Gasteiger partial charge in [-0.05, 0) is 6.42 Å². The summed E-state index contributed by atoms with van der Waals surface area (Å²) in [6.07, 6.45) is 1.67. The molecule has 0 spiro atoms. The first-order chi connectivity index (χ1) is 13.6. The molecule has 0 bridgehead atoms. The van der Waals surface area contributed by atoms with Gasteiger partial charge in [0.2, 0.25) is 5.95 Å². The number of aromatic nitrogens is 4. The molecule has 0 saturated heterocycles. The normalized spacial score (nSPS) is 11.3. The van der Waals surface area contributed by atoms with Crippen LogP contribution in [0.15, 0.2) is 11.1 Å². The number of carbonyl (C=O) groups excluding carboxylic acids is 3. The molecule has 2 rings (SSSR count). The van der Waals surface area contributed by atoms with Gasteiger partial charge in [-0.3, -0.25) is 24.2 Å². The number of rotatable bonds is 9. The van der Waals surface area contributed by atoms with Crippen LogP contribution in [-0.4, -0.2) is 57.2 Å². The molecule has 2 heterocycles. The van der Waals surface area contributed by atoms with Crippen molar-refractivity contribution in [3.63, 3.8) is 0 Å². The Balaban J connectivity index is 2.31. The average Bonchev–Trinajstić information content (AvgIpc) is 3.03. The third-order valence-corrected chi connectivity index (χ3v) is 4.12. The number of carbonyl (C=O) groups is 3. The van der Waals surface area contributed by atoms with Crippen LogP contribution in [0.5, 0.6) is 0 Å². The predicted octanol–water partition coefficient (Wildman–Crippen LogP) is -0.232. The van der Waals surface area contributed by atoms with E-state index < -0.39 is 28.9 Å². The Kier molecular flexibility index (Phi) is 6.91. The standard InChI is InChI=1S/C17H23N5O7/c1-10(23)27-6-17(7-28-11(2)24,8-29-12(3)25)4-5-22-9-19-13-14(22)20-16(18)21-15(13)26/h9H,4-8H2,1-3H3,(H3,18,20,21,26). The molecule has 0 amide bonds. The van der Waals surface area contributed by atoms with Crippen LogP contribution in [0.2, 0.25) is 0 Å². The highest BCUT2D eigenvalue weighted by atomic mass is 16.6. The van der Waals surface area contributed by atoms with Gasteiger partial charge in [-0.2, -0.15) is 4.98 Å². The number of aryl methyl sites for hydroxylation is 1. The Morgan fingerprint density at radius 3 is 2.07 bits per heavy atom. The summed E-state index contributed by atoms with van der Waals surface area (Å²) < 4.78 is 17.0. The molecule has 12 nitrogen and oxygen atoms in total. The van der Waals surface area contributed by atoms with Crippen molar-refractivity contribution < 1.29 is 28.6 Å². The molecule has 0 aromatic carbocycles. The number of ether oxygens (including phenoxy) is 3. The lowest BCUT2D eigenvalue weighted by atomic mass is 9.86. The number of anilines is 1. The number of fused-ring (bicyclic) bond motifs is 1. The van der Waals surface area contributed by atoms with Crippen molar-refractivity contribution in [2.75, 3.05) is 25.6 Å². The van der Waals surface area contributed by atoms with Crippen molar-refractivity contribution in [2.45, 2.75) is 33.7 Å². The molecule has 0 aliphatic carbocycles. The summed E-state index contributed by atoms with van der Waals surface area (Å²) in [7, 11) is 0. The molecule has 0 atom stereocenters. The van der Waals surface area contributed by atoms with E-state index in [4.69, 9.17) is 19.9 Å². The van der Waals surface area contributed by atoms with E-state index >= 15 is 0 Å². The topological polar surface area (TPSA) is 168 Å². The van der Waals surface area contributed by atoms with Crippen LogP contribution < -0.4 is 11.3 Å². The second-order valence-electron chi connectivity index (χ2n) is 6.65. The molecule has 0 fully saturated rings. The summed E-state index contributed by atoms with van der Waals surface area (Å²) >= 11 is 0. The molecule has 0 unspecified atom stereocenters. The van der Waals surface area contributed by atoms with Gasteiger partial charge in [-0.25, -0.2) is 4.98 Å². The summed E-state index contributed by atoms with van der Waals surface area (Å²) in [5.41, 5.74) is 4.50. The van der Waals surface area contributed by atoms with Gasteiger partial charge in [0.25, 0.3) is 5.56 Å². The van der Waals surface area contributed by atoms with Crippen LogP contribution >= 0.6 is 0 Å². The Morgan fingerprint density at radius 2 is 1.59 bits per heavy atom. The van der Waals surface area contributed by atoms with Gasteiger partial charge in [-0.15, -0.1) is 0 Å². The van der Waals surface area contributed by atoms with Crippen molar-refractivity contribution in [1.82, 2.24) is 19.5 Å². The van der Waals surface area contributed by atoms with E-state index in [2.05, 4.69) is 15.0 Å². The van der Waals surface area contributed by atoms with Crippen molar-refractivity contribution in [3.8, 4) is 0 Å². The van der Waals surface area contributed by atoms with Crippen LogP contribution in [0.1, 0.15) is 27.2 Å². The molecule has 0 aliphatic rings. The lowest BCUT2D eigenvalue weighted by Crippen LogP contribution is -2.40. The number of hydrogen-bond donors (Lipinski definition) is 2. The molecule has 3 N–H and O–H groups in total. The Morgan fingerprint density at radius 1 is 1.07 bits per heavy atom. The fourth-order valence-corrected chi connectivity index (χ4v) is 2.60. The zero-order chi connectivity index (χ0) is 21.6. The summed E-state index contributed by atoms with van der Waals surface area (Å²) in [6, 6.07) is 0. The molecule has 158 valence electrons. The quantitative estimate of drug-likeness (QED) is 0.416. The van der Waals surface area contributed by atoms with Gasteiger partial charge in [0.05, 0.1) is 11.7 Å². The monoisotopic (exact) mass is 409 g/mol. The molecule has 0 radical (unpaired) electrons. The number of H-pyrrole nitrogens is 1. The minimum atomic E-state index is -1.01. The Labute approximate surface area is 165 Å². The van der Waals surface area contributed by atoms with E-state index in [0.29, 0.717) is 0 Å². The molecule has 12 heteroatoms. The maximum atomic E-state index is 11.9. The highest BCUT2D eigenvalue weighted by Crippen LogP contribution is 2.26. The van der Waals surface area contributed by atoms with Gasteiger partial charge in [0.15, 0.2) is 11.2 Å². The van der Waals surface area contributed by atoms with Gasteiger partial charge < -0.3 is 24.5 Å². The summed E-state index contributed by atoms with van der Waals surface area (Å²) in [5, 5.41) is 0. The van der Waals surface area contributed by atoms with E-state index in [-0.39, 0.29) is 49.9 Å². The van der Waals surface area contributed by atoms with Gasteiger partial charge in [0, 0.05) is 27.3 Å². The SMILES string of the molecule is CC(=O)OCC(CCn1cnc2c(=O)[nH]c(N)nc21)(COC(C)=O)COC(C)=O. The maximum absolute atomic E-state index is 11.9. The number of nitrogens with one attached hydrogen (secondary N) is 1. The highest BCUT2D eigenvalue weighted by Gasteiger charge is 2.35. The number of esters is 3. The largest absolute Gasteiger partial charge is 0.465 e. The summed E-state index contributed by atoms with van der Waals surface area (Å²) in [5.74, 6) is -1.66. The number of hydrogen-bond acceptors (Lipinski definition) is 10. The number of aromatic amines is 1. The highest BCUT2D eigenvalue weighted by molar-refractivity contribution is 5.70. The molecule has 29 heavy (non-hydrogen) atoms. The zero-order valence-electron chi connectivity index (χ0n) is 16.4.